The molecule has 1 aromatic heterocycles. The number of rotatable bonds is 7. The number of aromatic nitrogens is 2. The second-order valence-electron chi connectivity index (χ2n) is 3.66. The van der Waals surface area contributed by atoms with E-state index in [0.717, 1.165) is 31.7 Å². The van der Waals surface area contributed by atoms with Gasteiger partial charge < -0.3 is 15.4 Å². The molecule has 0 bridgehead atoms. The number of thiocarbonyl (C=S) groups is 1. The van der Waals surface area contributed by atoms with Crippen molar-refractivity contribution in [2.24, 2.45) is 0 Å². The lowest BCUT2D eigenvalue weighted by atomic mass is 10.4. The monoisotopic (exact) mass is 256 g/mol. The van der Waals surface area contributed by atoms with Gasteiger partial charge in [-0.25, -0.2) is 0 Å². The van der Waals surface area contributed by atoms with Gasteiger partial charge in [0, 0.05) is 45.1 Å². The zero-order valence-corrected chi connectivity index (χ0v) is 11.2. The third-order valence-corrected chi connectivity index (χ3v) is 2.56. The highest BCUT2D eigenvalue weighted by Gasteiger charge is 1.98. The van der Waals surface area contributed by atoms with Gasteiger partial charge in [0.1, 0.15) is 0 Å². The molecule has 1 rings (SSSR count). The Morgan fingerprint density at radius 3 is 3.00 bits per heavy atom. The van der Waals surface area contributed by atoms with Crippen LogP contribution in [0.25, 0.3) is 0 Å². The summed E-state index contributed by atoms with van der Waals surface area (Å²) in [5.41, 5.74) is 1.13. The Bertz CT molecular complexity index is 340. The summed E-state index contributed by atoms with van der Waals surface area (Å²) in [6, 6.07) is 0. The van der Waals surface area contributed by atoms with E-state index < -0.39 is 0 Å². The van der Waals surface area contributed by atoms with E-state index in [1.54, 1.807) is 7.11 Å². The molecule has 6 heteroatoms. The van der Waals surface area contributed by atoms with Crippen LogP contribution in [0.3, 0.4) is 0 Å². The minimum Gasteiger partial charge on any atom is -0.385 e. The molecule has 0 saturated heterocycles. The Kier molecular flexibility index (Phi) is 6.57. The molecule has 0 spiro atoms. The summed E-state index contributed by atoms with van der Waals surface area (Å²) < 4.78 is 6.85. The number of hydrogen-bond acceptors (Lipinski definition) is 3. The lowest BCUT2D eigenvalue weighted by Gasteiger charge is -2.09. The molecule has 0 aliphatic heterocycles. The van der Waals surface area contributed by atoms with Crippen LogP contribution in [0.5, 0.6) is 0 Å². The van der Waals surface area contributed by atoms with Gasteiger partial charge in [-0.05, 0) is 25.6 Å². The molecule has 17 heavy (non-hydrogen) atoms. The molecular weight excluding hydrogens is 236 g/mol. The maximum Gasteiger partial charge on any atom is 0.166 e. The highest BCUT2D eigenvalue weighted by Crippen LogP contribution is 1.96. The summed E-state index contributed by atoms with van der Waals surface area (Å²) in [7, 11) is 1.70. The standard InChI is InChI=1S/C11H20N4OS/c1-3-15-9-10(8-14-15)7-13-11(17)12-5-4-6-16-2/h8-9H,3-7H2,1-2H3,(H2,12,13,17). The first kappa shape index (κ1) is 13.9. The van der Waals surface area contributed by atoms with Crippen molar-refractivity contribution in [2.45, 2.75) is 26.4 Å². The fraction of sp³-hybridized carbons (Fsp3) is 0.636. The van der Waals surface area contributed by atoms with Crippen molar-refractivity contribution in [3.8, 4) is 0 Å². The average molecular weight is 256 g/mol. The second kappa shape index (κ2) is 8.03. The minimum absolute atomic E-state index is 0.672. The van der Waals surface area contributed by atoms with Crippen LogP contribution in [0.2, 0.25) is 0 Å². The number of hydrogen-bond donors (Lipinski definition) is 2. The van der Waals surface area contributed by atoms with E-state index in [2.05, 4.69) is 22.7 Å². The predicted octanol–water partition coefficient (Wildman–Crippen LogP) is 0.904. The van der Waals surface area contributed by atoms with E-state index in [9.17, 15) is 0 Å². The largest absolute Gasteiger partial charge is 0.385 e. The number of nitrogens with one attached hydrogen (secondary N) is 2. The van der Waals surface area contributed by atoms with Crippen LogP contribution in [-0.4, -0.2) is 35.2 Å². The Morgan fingerprint density at radius 2 is 2.35 bits per heavy atom. The Balaban J connectivity index is 2.14. The second-order valence-corrected chi connectivity index (χ2v) is 4.07. The van der Waals surface area contributed by atoms with Crippen LogP contribution in [0.4, 0.5) is 0 Å². The number of nitrogens with zero attached hydrogens (tertiary/aromatic N) is 2. The molecule has 96 valence electrons. The summed E-state index contributed by atoms with van der Waals surface area (Å²) in [4.78, 5) is 0. The SMILES string of the molecule is CCn1cc(CNC(=S)NCCCOC)cn1. The molecular formula is C11H20N4OS. The first-order chi connectivity index (χ1) is 8.26. The molecule has 0 saturated carbocycles. The molecule has 0 amide bonds. The van der Waals surface area contributed by atoms with Crippen LogP contribution >= 0.6 is 12.2 Å². The third kappa shape index (κ3) is 5.65. The quantitative estimate of drug-likeness (QED) is 0.561. The van der Waals surface area contributed by atoms with Gasteiger partial charge in [-0.2, -0.15) is 5.10 Å². The van der Waals surface area contributed by atoms with Crippen molar-refractivity contribution in [3.63, 3.8) is 0 Å². The van der Waals surface area contributed by atoms with E-state index in [4.69, 9.17) is 17.0 Å². The Morgan fingerprint density at radius 1 is 1.53 bits per heavy atom. The van der Waals surface area contributed by atoms with Gasteiger partial charge in [-0.3, -0.25) is 4.68 Å². The van der Waals surface area contributed by atoms with Crippen molar-refractivity contribution in [1.82, 2.24) is 20.4 Å². The fourth-order valence-corrected chi connectivity index (χ4v) is 1.51. The minimum atomic E-state index is 0.672. The first-order valence-corrected chi connectivity index (χ1v) is 6.19. The maximum absolute atomic E-state index is 5.15. The van der Waals surface area contributed by atoms with Crippen LogP contribution in [-0.2, 0) is 17.8 Å². The van der Waals surface area contributed by atoms with Gasteiger partial charge in [-0.1, -0.05) is 0 Å². The van der Waals surface area contributed by atoms with Crippen LogP contribution < -0.4 is 10.6 Å². The summed E-state index contributed by atoms with van der Waals surface area (Å²) in [6.07, 6.45) is 4.82. The van der Waals surface area contributed by atoms with E-state index in [1.165, 1.54) is 0 Å². The highest BCUT2D eigenvalue weighted by molar-refractivity contribution is 7.80. The van der Waals surface area contributed by atoms with Gasteiger partial charge >= 0.3 is 0 Å². The molecule has 0 aromatic carbocycles. The molecule has 0 aliphatic carbocycles. The van der Waals surface area contributed by atoms with Crippen molar-refractivity contribution < 1.29 is 4.74 Å². The summed E-state index contributed by atoms with van der Waals surface area (Å²) in [5.74, 6) is 0. The summed E-state index contributed by atoms with van der Waals surface area (Å²) in [5, 5.41) is 11.1. The summed E-state index contributed by atoms with van der Waals surface area (Å²) in [6.45, 7) is 5.23. The summed E-state index contributed by atoms with van der Waals surface area (Å²) >= 11 is 5.15. The predicted molar refractivity (Wildman–Crippen MR) is 71.8 cm³/mol. The molecule has 5 nitrogen and oxygen atoms in total. The lowest BCUT2D eigenvalue weighted by Crippen LogP contribution is -2.35. The van der Waals surface area contributed by atoms with Crippen LogP contribution in [0.1, 0.15) is 18.9 Å². The van der Waals surface area contributed by atoms with Crippen LogP contribution in [0.15, 0.2) is 12.4 Å². The number of methoxy groups -OCH3 is 1. The van der Waals surface area contributed by atoms with E-state index >= 15 is 0 Å². The van der Waals surface area contributed by atoms with E-state index in [0.29, 0.717) is 11.7 Å². The molecule has 0 aliphatic rings. The molecule has 0 atom stereocenters. The van der Waals surface area contributed by atoms with Crippen molar-refractivity contribution >= 4 is 17.3 Å². The van der Waals surface area contributed by atoms with Gasteiger partial charge in [0.25, 0.3) is 0 Å². The Hall–Kier alpha value is -1.14. The lowest BCUT2D eigenvalue weighted by molar-refractivity contribution is 0.195. The van der Waals surface area contributed by atoms with Crippen LogP contribution in [0, 0.1) is 0 Å². The Labute approximate surface area is 108 Å². The molecule has 0 unspecified atom stereocenters. The zero-order chi connectivity index (χ0) is 12.5. The van der Waals surface area contributed by atoms with Gasteiger partial charge in [0.05, 0.1) is 6.20 Å². The molecule has 2 N–H and O–H groups in total. The molecule has 1 aromatic rings. The van der Waals surface area contributed by atoms with E-state index in [-0.39, 0.29) is 0 Å². The van der Waals surface area contributed by atoms with Gasteiger partial charge in [0.15, 0.2) is 5.11 Å². The molecule has 1 heterocycles. The fourth-order valence-electron chi connectivity index (χ4n) is 1.33. The average Bonchev–Trinajstić information content (AvgIpc) is 2.80. The van der Waals surface area contributed by atoms with Crippen molar-refractivity contribution in [1.29, 1.82) is 0 Å². The third-order valence-electron chi connectivity index (χ3n) is 2.27. The first-order valence-electron chi connectivity index (χ1n) is 5.78. The van der Waals surface area contributed by atoms with Gasteiger partial charge in [-0.15, -0.1) is 0 Å². The zero-order valence-electron chi connectivity index (χ0n) is 10.4. The van der Waals surface area contributed by atoms with Crippen molar-refractivity contribution in [3.05, 3.63) is 18.0 Å². The van der Waals surface area contributed by atoms with Gasteiger partial charge in [0.2, 0.25) is 0 Å². The molecule has 0 fully saturated rings. The number of ether oxygens (including phenoxy) is 1. The smallest absolute Gasteiger partial charge is 0.166 e. The van der Waals surface area contributed by atoms with Crippen molar-refractivity contribution in [2.75, 3.05) is 20.3 Å². The topological polar surface area (TPSA) is 51.1 Å². The molecule has 0 radical (unpaired) electrons. The normalized spacial score (nSPS) is 10.2. The highest BCUT2D eigenvalue weighted by atomic mass is 32.1. The van der Waals surface area contributed by atoms with E-state index in [1.807, 2.05) is 17.1 Å². The maximum atomic E-state index is 5.15. The number of aryl methyl sites for hydroxylation is 1.